The van der Waals surface area contributed by atoms with Crippen LogP contribution < -0.4 is 4.72 Å². The van der Waals surface area contributed by atoms with Gasteiger partial charge in [0.25, 0.3) is 0 Å². The number of thiocarbonyl (C=S) groups is 1. The van der Waals surface area contributed by atoms with Gasteiger partial charge in [-0.05, 0) is 12.2 Å². The number of hydrogen-bond donors (Lipinski definition) is 1. The molecule has 7 heavy (non-hydrogen) atoms. The van der Waals surface area contributed by atoms with Gasteiger partial charge in [0.2, 0.25) is 0 Å². The van der Waals surface area contributed by atoms with Crippen LogP contribution in [0.5, 0.6) is 0 Å². The largest absolute Gasteiger partial charge is 0.668 e. The molecule has 0 aromatic rings. The second-order valence-corrected chi connectivity index (χ2v) is 1.89. The summed E-state index contributed by atoms with van der Waals surface area (Å²) in [5.74, 6) is 0. The van der Waals surface area contributed by atoms with E-state index < -0.39 is 0 Å². The lowest BCUT2D eigenvalue weighted by Crippen LogP contribution is -2.30. The molecule has 0 bridgehead atoms. The van der Waals surface area contributed by atoms with Gasteiger partial charge < -0.3 is 22.4 Å². The van der Waals surface area contributed by atoms with Crippen molar-refractivity contribution < 1.29 is 0 Å². The van der Waals surface area contributed by atoms with Gasteiger partial charge in [-0.1, -0.05) is 0 Å². The van der Waals surface area contributed by atoms with E-state index in [1.807, 2.05) is 14.1 Å². The van der Waals surface area contributed by atoms with Gasteiger partial charge in [0.15, 0.2) is 0 Å². The van der Waals surface area contributed by atoms with Crippen LogP contribution in [-0.4, -0.2) is 24.1 Å². The first kappa shape index (κ1) is 7.04. The Balaban J connectivity index is 3.35. The maximum absolute atomic E-state index is 4.69. The summed E-state index contributed by atoms with van der Waals surface area (Å²) in [6, 6.07) is 0. The van der Waals surface area contributed by atoms with Crippen LogP contribution >= 0.6 is 12.2 Å². The zero-order chi connectivity index (χ0) is 5.86. The molecule has 0 saturated heterocycles. The summed E-state index contributed by atoms with van der Waals surface area (Å²) in [4.78, 5) is 1.74. The average molecular weight is 135 g/mol. The quantitative estimate of drug-likeness (QED) is 0.368. The third kappa shape index (κ3) is 2.70. The number of nitrogens with zero attached hydrogens (tertiary/aromatic N) is 1. The van der Waals surface area contributed by atoms with Crippen molar-refractivity contribution in [2.45, 2.75) is 0 Å². The van der Waals surface area contributed by atoms with Crippen molar-refractivity contribution in [2.24, 2.45) is 0 Å². The van der Waals surface area contributed by atoms with Crippen LogP contribution in [0.2, 0.25) is 0 Å². The zero-order valence-corrected chi connectivity index (χ0v) is 5.90. The number of hydrogen-bond acceptors (Lipinski definition) is 2. The van der Waals surface area contributed by atoms with Crippen molar-refractivity contribution in [1.29, 1.82) is 0 Å². The van der Waals surface area contributed by atoms with Crippen LogP contribution in [0.25, 0.3) is 0 Å². The number of nitrogens with one attached hydrogen (secondary N) is 1. The minimum atomic E-state index is 0.579. The highest BCUT2D eigenvalue weighted by Crippen LogP contribution is 1.73. The molecule has 0 fully saturated rings. The summed E-state index contributed by atoms with van der Waals surface area (Å²) in [7, 11) is 3.67. The van der Waals surface area contributed by atoms with E-state index in [1.54, 1.807) is 4.90 Å². The Labute approximate surface area is 54.4 Å². The van der Waals surface area contributed by atoms with E-state index >= 15 is 0 Å². The van der Waals surface area contributed by atoms with Crippen LogP contribution in [0.3, 0.4) is 0 Å². The first-order valence-electron chi connectivity index (χ1n) is 1.78. The second-order valence-electron chi connectivity index (χ2n) is 1.30. The van der Waals surface area contributed by atoms with Crippen LogP contribution in [-0.2, 0) is 12.8 Å². The van der Waals surface area contributed by atoms with Crippen LogP contribution in [0, 0.1) is 0 Å². The minimum absolute atomic E-state index is 0.579. The maximum atomic E-state index is 4.69. The summed E-state index contributed by atoms with van der Waals surface area (Å²) in [5, 5.41) is 0.579. The lowest BCUT2D eigenvalue weighted by Gasteiger charge is -2.18. The monoisotopic (exact) mass is 135 g/mol. The molecule has 0 atom stereocenters. The van der Waals surface area contributed by atoms with E-state index in [2.05, 4.69) is 29.8 Å². The molecule has 0 spiro atoms. The average Bonchev–Trinajstić information content (AvgIpc) is 1.65. The summed E-state index contributed by atoms with van der Waals surface area (Å²) in [5.41, 5.74) is 0. The molecule has 0 saturated carbocycles. The van der Waals surface area contributed by atoms with E-state index in [0.717, 1.165) is 0 Å². The van der Waals surface area contributed by atoms with Crippen molar-refractivity contribution >= 4 is 30.1 Å². The van der Waals surface area contributed by atoms with Crippen molar-refractivity contribution in [3.8, 4) is 0 Å². The Morgan fingerprint density at radius 1 is 1.71 bits per heavy atom. The highest BCUT2D eigenvalue weighted by Gasteiger charge is 1.84. The van der Waals surface area contributed by atoms with E-state index in [0.29, 0.717) is 5.11 Å². The Hall–Kier alpha value is 0.0400. The van der Waals surface area contributed by atoms with Gasteiger partial charge in [-0.3, -0.25) is 0 Å². The van der Waals surface area contributed by atoms with Gasteiger partial charge in [-0.15, -0.1) is 0 Å². The molecule has 0 rings (SSSR count). The fraction of sp³-hybridized carbons (Fsp3) is 0.667. The molecule has 0 unspecified atom stereocenters. The minimum Gasteiger partial charge on any atom is -0.668 e. The SMILES string of the molecule is CN(C)C(=S)N[S-]. The molecule has 0 aromatic heterocycles. The van der Waals surface area contributed by atoms with Crippen LogP contribution in [0.15, 0.2) is 0 Å². The van der Waals surface area contributed by atoms with Gasteiger partial charge in [0.1, 0.15) is 5.11 Å². The van der Waals surface area contributed by atoms with E-state index in [1.165, 1.54) is 0 Å². The topological polar surface area (TPSA) is 15.3 Å². The van der Waals surface area contributed by atoms with E-state index in [-0.39, 0.29) is 0 Å². The van der Waals surface area contributed by atoms with Gasteiger partial charge in [-0.2, -0.15) is 0 Å². The molecule has 0 aliphatic carbocycles. The highest BCUT2D eigenvalue weighted by atomic mass is 32.1. The lowest BCUT2D eigenvalue weighted by atomic mass is 10.9. The second kappa shape index (κ2) is 3.10. The molecule has 0 amide bonds. The lowest BCUT2D eigenvalue weighted by molar-refractivity contribution is 0.623. The van der Waals surface area contributed by atoms with Gasteiger partial charge in [0.05, 0.1) is 0 Å². The molecule has 0 aliphatic heterocycles. The first-order valence-corrected chi connectivity index (χ1v) is 2.59. The van der Waals surface area contributed by atoms with Crippen molar-refractivity contribution in [3.63, 3.8) is 0 Å². The van der Waals surface area contributed by atoms with Gasteiger partial charge in [0, 0.05) is 14.1 Å². The Morgan fingerprint density at radius 3 is 2.14 bits per heavy atom. The van der Waals surface area contributed by atoms with Gasteiger partial charge >= 0.3 is 0 Å². The summed E-state index contributed by atoms with van der Waals surface area (Å²) >= 11 is 9.11. The third-order valence-corrected chi connectivity index (χ3v) is 1.28. The maximum Gasteiger partial charge on any atom is 0.145 e. The van der Waals surface area contributed by atoms with Crippen molar-refractivity contribution in [3.05, 3.63) is 0 Å². The molecule has 4 heteroatoms. The van der Waals surface area contributed by atoms with E-state index in [4.69, 9.17) is 0 Å². The fourth-order valence-corrected chi connectivity index (χ4v) is 0.274. The molecule has 0 aromatic carbocycles. The summed E-state index contributed by atoms with van der Waals surface area (Å²) in [6.07, 6.45) is 0. The standard InChI is InChI=1S/C3H7N2S2/c1-5(2)3(6)4-7/h1-2H3,(H-,4,6,7)/q-1. The molecule has 0 aliphatic rings. The van der Waals surface area contributed by atoms with Gasteiger partial charge in [-0.25, -0.2) is 0 Å². The summed E-state index contributed by atoms with van der Waals surface area (Å²) in [6.45, 7) is 0. The number of rotatable bonds is 0. The molecule has 0 radical (unpaired) electrons. The predicted molar refractivity (Wildman–Crippen MR) is 36.8 cm³/mol. The molecule has 0 heterocycles. The zero-order valence-electron chi connectivity index (χ0n) is 4.26. The predicted octanol–water partition coefficient (Wildman–Crippen LogP) is -0.116. The summed E-state index contributed by atoms with van der Waals surface area (Å²) < 4.78 is 2.41. The Kier molecular flexibility index (Phi) is 3.11. The van der Waals surface area contributed by atoms with E-state index in [9.17, 15) is 0 Å². The molecule has 1 N–H and O–H groups in total. The van der Waals surface area contributed by atoms with Crippen LogP contribution in [0.4, 0.5) is 0 Å². The van der Waals surface area contributed by atoms with Crippen molar-refractivity contribution in [2.75, 3.05) is 14.1 Å². The highest BCUT2D eigenvalue weighted by molar-refractivity contribution is 7.81. The van der Waals surface area contributed by atoms with Crippen molar-refractivity contribution in [1.82, 2.24) is 9.62 Å². The van der Waals surface area contributed by atoms with Crippen LogP contribution in [0.1, 0.15) is 0 Å². The molecule has 42 valence electrons. The Bertz CT molecular complexity index is 71.3. The smallest absolute Gasteiger partial charge is 0.145 e. The molecule has 2 nitrogen and oxygen atoms in total. The first-order chi connectivity index (χ1) is 3.18. The fourth-order valence-electron chi connectivity index (χ4n) is 0.0913. The third-order valence-electron chi connectivity index (χ3n) is 0.493. The molecular formula is C3H7N2S2-. The normalized spacial score (nSPS) is 7.86. The molecular weight excluding hydrogens is 128 g/mol. The Morgan fingerprint density at radius 2 is 2.14 bits per heavy atom.